The van der Waals surface area contributed by atoms with Crippen molar-refractivity contribution in [3.8, 4) is 0 Å². The third kappa shape index (κ3) is 4.26. The summed E-state index contributed by atoms with van der Waals surface area (Å²) in [5.74, 6) is 1.84. The van der Waals surface area contributed by atoms with E-state index in [0.717, 1.165) is 17.9 Å². The van der Waals surface area contributed by atoms with Gasteiger partial charge in [0.05, 0.1) is 0 Å². The molecule has 0 atom stereocenters. The minimum absolute atomic E-state index is 0.589. The molecule has 0 N–H and O–H groups in total. The second kappa shape index (κ2) is 4.41. The molecule has 1 fully saturated rings. The van der Waals surface area contributed by atoms with E-state index in [0.29, 0.717) is 13.1 Å². The van der Waals surface area contributed by atoms with Gasteiger partial charge in [-0.1, -0.05) is 0 Å². The van der Waals surface area contributed by atoms with E-state index in [2.05, 4.69) is 0 Å². The van der Waals surface area contributed by atoms with E-state index >= 15 is 0 Å². The molecule has 0 spiro atoms. The SMILES string of the molecule is F[B-](F)(F)CN1CCCSCC1. The van der Waals surface area contributed by atoms with Gasteiger partial charge in [0.1, 0.15) is 0 Å². The second-order valence-corrected chi connectivity index (χ2v) is 4.20. The molecule has 1 nitrogen and oxygen atoms in total. The summed E-state index contributed by atoms with van der Waals surface area (Å²) in [6, 6.07) is 0. The first-order valence-electron chi connectivity index (χ1n) is 4.09. The van der Waals surface area contributed by atoms with Crippen LogP contribution in [-0.2, 0) is 0 Å². The molecule has 0 aromatic heterocycles. The molecule has 1 heterocycles. The summed E-state index contributed by atoms with van der Waals surface area (Å²) in [4.78, 5) is 1.51. The number of hydrogen-bond acceptors (Lipinski definition) is 2. The highest BCUT2D eigenvalue weighted by Crippen LogP contribution is 2.15. The average molecular weight is 198 g/mol. The van der Waals surface area contributed by atoms with E-state index in [4.69, 9.17) is 0 Å². The predicted octanol–water partition coefficient (Wildman–Crippen LogP) is 1.81. The number of halogens is 3. The molecule has 1 saturated heterocycles. The Bertz CT molecular complexity index is 133. The zero-order valence-electron chi connectivity index (χ0n) is 6.81. The number of nitrogens with zero attached hydrogens (tertiary/aromatic N) is 1. The number of hydrogen-bond donors (Lipinski definition) is 0. The smallest absolute Gasteiger partial charge is 0.448 e. The third-order valence-electron chi connectivity index (χ3n) is 1.78. The van der Waals surface area contributed by atoms with Crippen LogP contribution < -0.4 is 0 Å². The summed E-state index contributed by atoms with van der Waals surface area (Å²) in [7, 11) is 0. The molecule has 0 unspecified atom stereocenters. The van der Waals surface area contributed by atoms with Crippen molar-refractivity contribution in [2.45, 2.75) is 6.42 Å². The topological polar surface area (TPSA) is 3.24 Å². The summed E-state index contributed by atoms with van der Waals surface area (Å²) < 4.78 is 36.0. The summed E-state index contributed by atoms with van der Waals surface area (Å²) in [6.45, 7) is -3.43. The molecule has 0 amide bonds. The summed E-state index contributed by atoms with van der Waals surface area (Å²) in [5.41, 5.74) is 0. The van der Waals surface area contributed by atoms with Crippen LogP contribution in [0.25, 0.3) is 0 Å². The molecule has 0 saturated carbocycles. The lowest BCUT2D eigenvalue weighted by molar-refractivity contribution is 0.297. The van der Waals surface area contributed by atoms with Gasteiger partial charge in [0.25, 0.3) is 0 Å². The van der Waals surface area contributed by atoms with Crippen LogP contribution in [0, 0.1) is 0 Å². The van der Waals surface area contributed by atoms with Gasteiger partial charge >= 0.3 is 6.98 Å². The standard InChI is InChI=1S/C6H12BF3NS/c8-7(9,10)6-11-2-1-4-12-5-3-11/h1-6H2/q-1. The Hall–Kier alpha value is 0.165. The number of rotatable bonds is 2. The quantitative estimate of drug-likeness (QED) is 0.622. The Kier molecular flexibility index (Phi) is 3.77. The van der Waals surface area contributed by atoms with Gasteiger partial charge in [-0.05, 0) is 25.2 Å². The van der Waals surface area contributed by atoms with Crippen LogP contribution >= 0.6 is 11.8 Å². The Morgan fingerprint density at radius 2 is 1.92 bits per heavy atom. The van der Waals surface area contributed by atoms with Crippen molar-refractivity contribution in [3.63, 3.8) is 0 Å². The second-order valence-electron chi connectivity index (χ2n) is 2.98. The van der Waals surface area contributed by atoms with E-state index < -0.39 is 13.4 Å². The molecule has 6 heteroatoms. The van der Waals surface area contributed by atoms with Crippen molar-refractivity contribution >= 4 is 18.7 Å². The monoisotopic (exact) mass is 198 g/mol. The molecule has 1 rings (SSSR count). The molecule has 0 aromatic rings. The van der Waals surface area contributed by atoms with Gasteiger partial charge < -0.3 is 17.8 Å². The van der Waals surface area contributed by atoms with E-state index in [1.165, 1.54) is 4.90 Å². The molecule has 0 bridgehead atoms. The highest BCUT2D eigenvalue weighted by Gasteiger charge is 2.26. The largest absolute Gasteiger partial charge is 0.492 e. The van der Waals surface area contributed by atoms with Crippen LogP contribution in [-0.4, -0.2) is 42.9 Å². The fourth-order valence-corrected chi connectivity index (χ4v) is 2.20. The first-order valence-corrected chi connectivity index (χ1v) is 5.24. The molecular weight excluding hydrogens is 186 g/mol. The van der Waals surface area contributed by atoms with Gasteiger partial charge in [0.2, 0.25) is 0 Å². The predicted molar refractivity (Wildman–Crippen MR) is 47.5 cm³/mol. The lowest BCUT2D eigenvalue weighted by atomic mass is 9.91. The Labute approximate surface area is 74.7 Å². The molecule has 1 aliphatic rings. The summed E-state index contributed by atoms with van der Waals surface area (Å²) in [6.07, 6.45) is 0.206. The van der Waals surface area contributed by atoms with Crippen LogP contribution in [0.3, 0.4) is 0 Å². The van der Waals surface area contributed by atoms with E-state index in [-0.39, 0.29) is 0 Å². The highest BCUT2D eigenvalue weighted by molar-refractivity contribution is 7.99. The minimum Gasteiger partial charge on any atom is -0.448 e. The van der Waals surface area contributed by atoms with E-state index in [1.54, 1.807) is 11.8 Å². The van der Waals surface area contributed by atoms with Crippen molar-refractivity contribution in [2.75, 3.05) is 31.0 Å². The van der Waals surface area contributed by atoms with Gasteiger partial charge in [-0.3, -0.25) is 0 Å². The third-order valence-corrected chi connectivity index (χ3v) is 2.83. The van der Waals surface area contributed by atoms with Crippen molar-refractivity contribution in [3.05, 3.63) is 0 Å². The normalized spacial score (nSPS) is 22.2. The summed E-state index contributed by atoms with van der Waals surface area (Å²) >= 11 is 1.74. The molecule has 12 heavy (non-hydrogen) atoms. The van der Waals surface area contributed by atoms with E-state index in [9.17, 15) is 12.9 Å². The highest BCUT2D eigenvalue weighted by atomic mass is 32.2. The lowest BCUT2D eigenvalue weighted by Gasteiger charge is -2.25. The lowest BCUT2D eigenvalue weighted by Crippen LogP contribution is -2.39. The van der Waals surface area contributed by atoms with Crippen molar-refractivity contribution in [2.24, 2.45) is 0 Å². The Morgan fingerprint density at radius 3 is 2.58 bits per heavy atom. The molecule has 0 aliphatic carbocycles. The molecule has 0 aromatic carbocycles. The van der Waals surface area contributed by atoms with Gasteiger partial charge in [0, 0.05) is 12.3 Å². The van der Waals surface area contributed by atoms with Crippen molar-refractivity contribution < 1.29 is 12.9 Å². The van der Waals surface area contributed by atoms with Crippen LogP contribution in [0.1, 0.15) is 6.42 Å². The van der Waals surface area contributed by atoms with Gasteiger partial charge in [0.15, 0.2) is 0 Å². The molecule has 72 valence electrons. The van der Waals surface area contributed by atoms with Crippen molar-refractivity contribution in [1.82, 2.24) is 4.90 Å². The maximum Gasteiger partial charge on any atom is 0.492 e. The van der Waals surface area contributed by atoms with Gasteiger partial charge in [-0.2, -0.15) is 11.8 Å². The Morgan fingerprint density at radius 1 is 1.17 bits per heavy atom. The Balaban J connectivity index is 2.30. The fraction of sp³-hybridized carbons (Fsp3) is 1.00. The number of thioether (sulfide) groups is 1. The first-order chi connectivity index (χ1) is 5.58. The maximum absolute atomic E-state index is 12.0. The molecule has 0 radical (unpaired) electrons. The van der Waals surface area contributed by atoms with Crippen molar-refractivity contribution in [1.29, 1.82) is 0 Å². The minimum atomic E-state index is -4.63. The van der Waals surface area contributed by atoms with Crippen LogP contribution in [0.2, 0.25) is 0 Å². The summed E-state index contributed by atoms with van der Waals surface area (Å²) in [5, 5.41) is 0. The molecule has 1 aliphatic heterocycles. The average Bonchev–Trinajstić information content (AvgIpc) is 2.12. The zero-order chi connectivity index (χ0) is 9.03. The van der Waals surface area contributed by atoms with Gasteiger partial charge in [-0.15, -0.1) is 0 Å². The zero-order valence-corrected chi connectivity index (χ0v) is 7.63. The first kappa shape index (κ1) is 10.2. The fourth-order valence-electron chi connectivity index (χ4n) is 1.27. The van der Waals surface area contributed by atoms with Crippen LogP contribution in [0.15, 0.2) is 0 Å². The maximum atomic E-state index is 12.0. The van der Waals surface area contributed by atoms with E-state index in [1.807, 2.05) is 0 Å². The van der Waals surface area contributed by atoms with Crippen LogP contribution in [0.5, 0.6) is 0 Å². The molecular formula is C6H12BF3NS-. The van der Waals surface area contributed by atoms with Gasteiger partial charge in [-0.25, -0.2) is 0 Å². The van der Waals surface area contributed by atoms with Crippen LogP contribution in [0.4, 0.5) is 12.9 Å².